The number of carbonyl (C=O) groups excluding carboxylic acids is 1. The highest BCUT2D eigenvalue weighted by molar-refractivity contribution is 5.90. The minimum absolute atomic E-state index is 0.0523. The van der Waals surface area contributed by atoms with E-state index >= 15 is 0 Å². The molecule has 1 aliphatic heterocycles. The number of nitrogens with two attached hydrogens (primary N) is 1. The highest BCUT2D eigenvalue weighted by Gasteiger charge is 2.27. The van der Waals surface area contributed by atoms with Crippen molar-refractivity contribution in [2.45, 2.75) is 25.4 Å². The average molecular weight is 484 g/mol. The maximum Gasteiger partial charge on any atom is 0.246 e. The summed E-state index contributed by atoms with van der Waals surface area (Å²) in [5, 5.41) is 9.38. The Bertz CT molecular complexity index is 1420. The summed E-state index contributed by atoms with van der Waals surface area (Å²) in [6.07, 6.45) is 9.56. The van der Waals surface area contributed by atoms with Crippen LogP contribution in [0.4, 0.5) is 5.82 Å². The van der Waals surface area contributed by atoms with Crippen LogP contribution in [0, 0.1) is 11.8 Å². The fourth-order valence-electron chi connectivity index (χ4n) is 4.14. The maximum atomic E-state index is 12.8. The summed E-state index contributed by atoms with van der Waals surface area (Å²) in [4.78, 5) is 27.1. The minimum atomic E-state index is -0.0562. The summed E-state index contributed by atoms with van der Waals surface area (Å²) in [6.45, 7) is 1.89. The fourth-order valence-corrected chi connectivity index (χ4v) is 4.14. The number of ether oxygens (including phenoxy) is 1. The zero-order chi connectivity index (χ0) is 24.7. The Labute approximate surface area is 207 Å². The number of hydrogen-bond acceptors (Lipinski definition) is 8. The molecular weight excluding hydrogens is 458 g/mol. The molecule has 4 aromatic rings. The standard InChI is InChI=1S/C25H25N9O2/c26-24-23-21(10-6-14-36-20-8-2-1-3-9-20)31-34(25(23)29-17-28-24)19-7-4-12-32(15-19)22(35)11-5-13-33-18-27-16-30-33/h1-3,5,8-9,11,16-19H,4,7,12-15H2,(H2,26,28,29)/b11-5+/t19-/m1/s1. The van der Waals surface area contributed by atoms with Gasteiger partial charge in [0, 0.05) is 19.2 Å². The lowest BCUT2D eigenvalue weighted by Crippen LogP contribution is -2.40. The molecule has 0 spiro atoms. The first-order chi connectivity index (χ1) is 17.7. The van der Waals surface area contributed by atoms with Crippen molar-refractivity contribution in [3.8, 4) is 17.6 Å². The van der Waals surface area contributed by atoms with Crippen LogP contribution in [0.15, 0.2) is 61.5 Å². The average Bonchev–Trinajstić information content (AvgIpc) is 3.56. The fraction of sp³-hybridized carbons (Fsp3) is 0.280. The lowest BCUT2D eigenvalue weighted by atomic mass is 10.1. The number of nitrogen functional groups attached to an aromatic ring is 1. The van der Waals surface area contributed by atoms with Crippen molar-refractivity contribution in [3.05, 3.63) is 67.2 Å². The second kappa shape index (κ2) is 10.7. The van der Waals surface area contributed by atoms with E-state index < -0.39 is 0 Å². The number of carbonyl (C=O) groups is 1. The maximum absolute atomic E-state index is 12.8. The van der Waals surface area contributed by atoms with Crippen molar-refractivity contribution < 1.29 is 9.53 Å². The van der Waals surface area contributed by atoms with Crippen molar-refractivity contribution in [2.24, 2.45) is 0 Å². The second-order valence-electron chi connectivity index (χ2n) is 8.25. The molecule has 1 aliphatic rings. The van der Waals surface area contributed by atoms with Gasteiger partial charge in [0.2, 0.25) is 5.91 Å². The molecular formula is C25H25N9O2. The molecule has 0 bridgehead atoms. The van der Waals surface area contributed by atoms with Crippen LogP contribution in [-0.4, -0.2) is 65.0 Å². The predicted molar refractivity (Wildman–Crippen MR) is 133 cm³/mol. The van der Waals surface area contributed by atoms with Crippen LogP contribution in [0.5, 0.6) is 5.75 Å². The largest absolute Gasteiger partial charge is 0.481 e. The van der Waals surface area contributed by atoms with E-state index in [1.54, 1.807) is 23.2 Å². The summed E-state index contributed by atoms with van der Waals surface area (Å²) < 4.78 is 9.14. The van der Waals surface area contributed by atoms with Crippen LogP contribution >= 0.6 is 0 Å². The molecule has 1 amide bonds. The number of aromatic nitrogens is 7. The van der Waals surface area contributed by atoms with Crippen molar-refractivity contribution >= 4 is 22.8 Å². The zero-order valence-electron chi connectivity index (χ0n) is 19.6. The van der Waals surface area contributed by atoms with Crippen molar-refractivity contribution in [3.63, 3.8) is 0 Å². The van der Waals surface area contributed by atoms with Gasteiger partial charge in [0.15, 0.2) is 5.65 Å². The number of amides is 1. The molecule has 5 rings (SSSR count). The normalized spacial score (nSPS) is 15.7. The Morgan fingerprint density at radius 2 is 2.11 bits per heavy atom. The molecule has 0 unspecified atom stereocenters. The number of nitrogens with zero attached hydrogens (tertiary/aromatic N) is 8. The van der Waals surface area contributed by atoms with Gasteiger partial charge in [0.25, 0.3) is 0 Å². The van der Waals surface area contributed by atoms with E-state index in [1.807, 2.05) is 39.9 Å². The van der Waals surface area contributed by atoms with Crippen molar-refractivity contribution in [1.82, 2.24) is 39.4 Å². The highest BCUT2D eigenvalue weighted by atomic mass is 16.5. The quantitative estimate of drug-likeness (QED) is 0.325. The van der Waals surface area contributed by atoms with Crippen LogP contribution in [-0.2, 0) is 11.3 Å². The van der Waals surface area contributed by atoms with E-state index in [0.29, 0.717) is 42.2 Å². The summed E-state index contributed by atoms with van der Waals surface area (Å²) in [5.74, 6) is 7.07. The Morgan fingerprint density at radius 3 is 2.94 bits per heavy atom. The van der Waals surface area contributed by atoms with Gasteiger partial charge in [-0.2, -0.15) is 10.2 Å². The zero-order valence-corrected chi connectivity index (χ0v) is 19.6. The van der Waals surface area contributed by atoms with Gasteiger partial charge < -0.3 is 15.4 Å². The van der Waals surface area contributed by atoms with E-state index in [-0.39, 0.29) is 18.6 Å². The molecule has 4 heterocycles. The topological polar surface area (TPSA) is 130 Å². The van der Waals surface area contributed by atoms with Gasteiger partial charge in [-0.05, 0) is 30.9 Å². The number of piperidine rings is 1. The van der Waals surface area contributed by atoms with Crippen molar-refractivity contribution in [2.75, 3.05) is 25.4 Å². The van der Waals surface area contributed by atoms with Crippen LogP contribution in [0.2, 0.25) is 0 Å². The number of fused-ring (bicyclic) bond motifs is 1. The van der Waals surface area contributed by atoms with E-state index in [9.17, 15) is 4.79 Å². The summed E-state index contributed by atoms with van der Waals surface area (Å²) in [5.41, 5.74) is 7.28. The molecule has 182 valence electrons. The molecule has 1 aromatic carbocycles. The van der Waals surface area contributed by atoms with E-state index in [1.165, 1.54) is 12.7 Å². The van der Waals surface area contributed by atoms with Crippen LogP contribution < -0.4 is 10.5 Å². The lowest BCUT2D eigenvalue weighted by molar-refractivity contribution is -0.127. The summed E-state index contributed by atoms with van der Waals surface area (Å²) >= 11 is 0. The molecule has 11 nitrogen and oxygen atoms in total. The third-order valence-corrected chi connectivity index (χ3v) is 5.85. The van der Waals surface area contributed by atoms with Gasteiger partial charge in [0.05, 0.1) is 18.0 Å². The van der Waals surface area contributed by atoms with Gasteiger partial charge in [-0.15, -0.1) is 0 Å². The number of anilines is 1. The SMILES string of the molecule is Nc1ncnc2c1c(C#CCOc1ccccc1)nn2[C@@H]1CCCN(C(=O)/C=C/Cn2cncn2)C1. The second-order valence-corrected chi connectivity index (χ2v) is 8.25. The van der Waals surface area contributed by atoms with Crippen molar-refractivity contribution in [1.29, 1.82) is 0 Å². The molecule has 0 saturated carbocycles. The number of rotatable bonds is 6. The predicted octanol–water partition coefficient (Wildman–Crippen LogP) is 1.85. The molecule has 0 radical (unpaired) electrons. The molecule has 1 saturated heterocycles. The van der Waals surface area contributed by atoms with Gasteiger partial charge >= 0.3 is 0 Å². The Morgan fingerprint density at radius 1 is 1.22 bits per heavy atom. The highest BCUT2D eigenvalue weighted by Crippen LogP contribution is 2.28. The molecule has 1 atom stereocenters. The summed E-state index contributed by atoms with van der Waals surface area (Å²) in [6, 6.07) is 9.42. The molecule has 11 heteroatoms. The number of para-hydroxylation sites is 1. The number of allylic oxidation sites excluding steroid dienone is 1. The Hall–Kier alpha value is -4.72. The van der Waals surface area contributed by atoms with E-state index in [4.69, 9.17) is 15.6 Å². The first kappa shape index (κ1) is 23.0. The minimum Gasteiger partial charge on any atom is -0.481 e. The van der Waals surface area contributed by atoms with E-state index in [0.717, 1.165) is 18.6 Å². The van der Waals surface area contributed by atoms with Gasteiger partial charge in [-0.3, -0.25) is 4.79 Å². The first-order valence-corrected chi connectivity index (χ1v) is 11.6. The Kier molecular flexibility index (Phi) is 6.84. The number of benzene rings is 1. The Balaban J connectivity index is 1.32. The van der Waals surface area contributed by atoms with Crippen LogP contribution in [0.3, 0.4) is 0 Å². The smallest absolute Gasteiger partial charge is 0.246 e. The van der Waals surface area contributed by atoms with Gasteiger partial charge in [0.1, 0.15) is 42.9 Å². The molecule has 0 aliphatic carbocycles. The van der Waals surface area contributed by atoms with Crippen LogP contribution in [0.25, 0.3) is 11.0 Å². The van der Waals surface area contributed by atoms with E-state index in [2.05, 4.69) is 31.9 Å². The first-order valence-electron chi connectivity index (χ1n) is 11.6. The number of likely N-dealkylation sites (tertiary alicyclic amines) is 1. The lowest BCUT2D eigenvalue weighted by Gasteiger charge is -2.32. The molecule has 3 aromatic heterocycles. The number of hydrogen-bond donors (Lipinski definition) is 1. The van der Waals surface area contributed by atoms with Gasteiger partial charge in [-0.1, -0.05) is 30.2 Å². The third-order valence-electron chi connectivity index (χ3n) is 5.85. The monoisotopic (exact) mass is 483 g/mol. The molecule has 36 heavy (non-hydrogen) atoms. The molecule has 1 fully saturated rings. The molecule has 2 N–H and O–H groups in total. The van der Waals surface area contributed by atoms with Crippen LogP contribution in [0.1, 0.15) is 24.6 Å². The third kappa shape index (κ3) is 5.17. The summed E-state index contributed by atoms with van der Waals surface area (Å²) in [7, 11) is 0. The van der Waals surface area contributed by atoms with Gasteiger partial charge in [-0.25, -0.2) is 24.3 Å².